The number of ether oxygens (including phenoxy) is 2. The molecule has 1 saturated heterocycles. The Morgan fingerprint density at radius 1 is 1.39 bits per heavy atom. The number of carbonyl (C=O) groups excluding carboxylic acids is 1. The molecule has 3 N–H and O–H groups in total. The van der Waals surface area contributed by atoms with Gasteiger partial charge in [0.1, 0.15) is 25.3 Å². The van der Waals surface area contributed by atoms with Crippen LogP contribution in [-0.4, -0.2) is 65.2 Å². The second-order valence-corrected chi connectivity index (χ2v) is 13.6. The van der Waals surface area contributed by atoms with Crippen molar-refractivity contribution < 1.29 is 23.2 Å². The number of fused-ring (bicyclic) bond motifs is 1. The highest BCUT2D eigenvalue weighted by atomic mass is 32.4. The van der Waals surface area contributed by atoms with Crippen LogP contribution in [0.1, 0.15) is 32.1 Å². The van der Waals surface area contributed by atoms with Gasteiger partial charge in [0.15, 0.2) is 17.0 Å². The van der Waals surface area contributed by atoms with E-state index in [0.717, 1.165) is 5.56 Å². The van der Waals surface area contributed by atoms with Gasteiger partial charge in [0, 0.05) is 32.6 Å². The van der Waals surface area contributed by atoms with E-state index in [1.165, 1.54) is 7.11 Å². The molecule has 1 aliphatic heterocycles. The summed E-state index contributed by atoms with van der Waals surface area (Å²) < 4.78 is 34.7. The zero-order valence-corrected chi connectivity index (χ0v) is 23.7. The summed E-state index contributed by atoms with van der Waals surface area (Å²) in [5.41, 5.74) is 7.83. The van der Waals surface area contributed by atoms with Gasteiger partial charge in [-0.1, -0.05) is 37.3 Å². The highest BCUT2D eigenvalue weighted by Crippen LogP contribution is 2.51. The van der Waals surface area contributed by atoms with Crippen LogP contribution < -0.4 is 15.7 Å². The minimum absolute atomic E-state index is 0.0612. The largest absolute Gasteiger partial charge is 0.468 e. The summed E-state index contributed by atoms with van der Waals surface area (Å²) in [7, 11) is 4.95. The Kier molecular flexibility index (Phi) is 8.34. The first kappa shape index (κ1) is 28.3. The Labute approximate surface area is 226 Å². The zero-order valence-electron chi connectivity index (χ0n) is 22.0. The van der Waals surface area contributed by atoms with Gasteiger partial charge >= 0.3 is 5.97 Å². The minimum atomic E-state index is -2.92. The lowest BCUT2D eigenvalue weighted by Crippen LogP contribution is -2.35. The molecule has 0 radical (unpaired) electrons. The second kappa shape index (κ2) is 11.2. The number of methoxy groups -OCH3 is 1. The van der Waals surface area contributed by atoms with Crippen molar-refractivity contribution in [2.45, 2.75) is 44.6 Å². The van der Waals surface area contributed by atoms with Gasteiger partial charge in [0.25, 0.3) is 0 Å². The number of hydrogen-bond acceptors (Lipinski definition) is 10. The van der Waals surface area contributed by atoms with E-state index in [-0.39, 0.29) is 18.3 Å². The number of aromatic nitrogens is 4. The van der Waals surface area contributed by atoms with E-state index in [4.69, 9.17) is 31.5 Å². The lowest BCUT2D eigenvalue weighted by atomic mass is 10.1. The number of hydrogen-bond donors (Lipinski definition) is 2. The van der Waals surface area contributed by atoms with Gasteiger partial charge in [-0.2, -0.15) is 9.97 Å². The van der Waals surface area contributed by atoms with Crippen molar-refractivity contribution in [2.24, 2.45) is 5.92 Å². The van der Waals surface area contributed by atoms with E-state index in [9.17, 15) is 4.79 Å². The summed E-state index contributed by atoms with van der Waals surface area (Å²) in [6.45, 7) is 3.11. The van der Waals surface area contributed by atoms with Crippen molar-refractivity contribution in [3.8, 4) is 0 Å². The van der Waals surface area contributed by atoms with Crippen molar-refractivity contribution in [1.29, 1.82) is 0 Å². The van der Waals surface area contributed by atoms with E-state index in [1.54, 1.807) is 22.7 Å². The van der Waals surface area contributed by atoms with Gasteiger partial charge in [-0.15, -0.1) is 0 Å². The van der Waals surface area contributed by atoms with Crippen molar-refractivity contribution in [1.82, 2.24) is 24.6 Å². The number of alkyl halides is 1. The predicted molar refractivity (Wildman–Crippen MR) is 147 cm³/mol. The minimum Gasteiger partial charge on any atom is -0.468 e. The van der Waals surface area contributed by atoms with Gasteiger partial charge in [-0.05, 0) is 24.3 Å². The number of rotatable bonds is 10. The maximum Gasteiger partial charge on any atom is 0.322 e. The number of nitrogens with zero attached hydrogens (tertiary/aromatic N) is 5. The Hall–Kier alpha value is -2.70. The maximum atomic E-state index is 16.1. The summed E-state index contributed by atoms with van der Waals surface area (Å²) in [5.74, 6) is -2.22. The third kappa shape index (κ3) is 6.13. The first-order valence-corrected chi connectivity index (χ1v) is 15.0. The fraction of sp³-hybridized carbons (Fsp3) is 0.500. The van der Waals surface area contributed by atoms with Crippen molar-refractivity contribution >= 4 is 47.1 Å². The number of nitrogen functional groups attached to an aromatic ring is 1. The molecular formula is C24H33FN7O4PS. The highest BCUT2D eigenvalue weighted by molar-refractivity contribution is 8.10. The molecule has 0 aliphatic carbocycles. The van der Waals surface area contributed by atoms with Crippen LogP contribution in [0.5, 0.6) is 0 Å². The van der Waals surface area contributed by atoms with Crippen LogP contribution in [0.15, 0.2) is 36.7 Å². The molecule has 206 valence electrons. The number of halogens is 1. The van der Waals surface area contributed by atoms with Gasteiger partial charge in [-0.3, -0.25) is 14.4 Å². The van der Waals surface area contributed by atoms with Crippen molar-refractivity contribution in [3.05, 3.63) is 42.2 Å². The van der Waals surface area contributed by atoms with Gasteiger partial charge in [-0.25, -0.2) is 9.37 Å². The molecule has 38 heavy (non-hydrogen) atoms. The SMILES string of the molecule is COC(=O)[C@H](C)N[P@](=S)(Cc1ccccc1)OC[C@]1(F)C[C@H](C)[C@H](n2cnc3c(N(C)C)nc(N)nc32)O1. The second-order valence-electron chi connectivity index (χ2n) is 9.66. The van der Waals surface area contributed by atoms with E-state index >= 15 is 4.39 Å². The number of nitrogens with two attached hydrogens (primary N) is 1. The molecule has 0 bridgehead atoms. The fourth-order valence-corrected chi connectivity index (χ4v) is 7.60. The topological polar surface area (TPSA) is 130 Å². The molecule has 5 atom stereocenters. The molecule has 0 spiro atoms. The average Bonchev–Trinajstić information content (AvgIpc) is 3.42. The third-order valence-corrected chi connectivity index (χ3v) is 9.36. The number of carbonyl (C=O) groups is 1. The predicted octanol–water partition coefficient (Wildman–Crippen LogP) is 3.37. The average molecular weight is 566 g/mol. The first-order chi connectivity index (χ1) is 17.9. The number of imidazole rings is 1. The van der Waals surface area contributed by atoms with E-state index < -0.39 is 37.1 Å². The molecule has 3 heterocycles. The summed E-state index contributed by atoms with van der Waals surface area (Å²) in [4.78, 5) is 26.9. The lowest BCUT2D eigenvalue weighted by Gasteiger charge is -2.29. The quantitative estimate of drug-likeness (QED) is 0.277. The smallest absolute Gasteiger partial charge is 0.322 e. The highest BCUT2D eigenvalue weighted by Gasteiger charge is 2.48. The standard InChI is InChI=1S/C24H33FN7O4PS/c1-15-11-24(25,36-21(15)32-14-27-18-19(31(3)4)28-23(26)29-20(18)32)13-35-37(38,30-16(2)22(33)34-5)12-17-9-7-6-8-10-17/h6-10,14-16,21H,11-13H2,1-5H3,(H,30,38)(H2,26,28,29)/t15-,16-,21+,24-,37+/m0/s1. The maximum absolute atomic E-state index is 16.1. The molecule has 14 heteroatoms. The molecule has 1 aromatic carbocycles. The molecule has 3 aromatic rings. The lowest BCUT2D eigenvalue weighted by molar-refractivity contribution is -0.172. The number of benzene rings is 1. The summed E-state index contributed by atoms with van der Waals surface area (Å²) in [6, 6.07) is 8.75. The van der Waals surface area contributed by atoms with Crippen molar-refractivity contribution in [2.75, 3.05) is 38.4 Å². The molecular weight excluding hydrogens is 532 g/mol. The first-order valence-electron chi connectivity index (χ1n) is 12.1. The molecule has 1 fully saturated rings. The Balaban J connectivity index is 1.55. The van der Waals surface area contributed by atoms with Crippen LogP contribution >= 0.6 is 6.42 Å². The van der Waals surface area contributed by atoms with Gasteiger partial charge in [0.2, 0.25) is 11.8 Å². The summed E-state index contributed by atoms with van der Waals surface area (Å²) in [6.07, 6.45) is -1.69. The molecule has 0 amide bonds. The third-order valence-electron chi connectivity index (χ3n) is 6.23. The van der Waals surface area contributed by atoms with E-state index in [0.29, 0.717) is 23.1 Å². The van der Waals surface area contributed by atoms with Gasteiger partial charge < -0.3 is 24.6 Å². The molecule has 0 saturated carbocycles. The van der Waals surface area contributed by atoms with Crippen molar-refractivity contribution in [3.63, 3.8) is 0 Å². The Morgan fingerprint density at radius 3 is 2.76 bits per heavy atom. The summed E-state index contributed by atoms with van der Waals surface area (Å²) >= 11 is 5.86. The fourth-order valence-electron chi connectivity index (χ4n) is 4.48. The van der Waals surface area contributed by atoms with Crippen LogP contribution in [0.3, 0.4) is 0 Å². The number of anilines is 2. The monoisotopic (exact) mass is 565 g/mol. The number of esters is 1. The van der Waals surface area contributed by atoms with Crippen LogP contribution in [0.4, 0.5) is 16.2 Å². The Morgan fingerprint density at radius 2 is 2.11 bits per heavy atom. The molecule has 0 unspecified atom stereocenters. The molecule has 4 rings (SSSR count). The molecule has 1 aliphatic rings. The van der Waals surface area contributed by atoms with E-state index in [2.05, 4.69) is 20.0 Å². The normalized spacial score (nSPS) is 23.7. The van der Waals surface area contributed by atoms with E-state index in [1.807, 2.05) is 51.4 Å². The number of nitrogens with one attached hydrogen (secondary N) is 1. The summed E-state index contributed by atoms with van der Waals surface area (Å²) in [5, 5.41) is 3.09. The van der Waals surface area contributed by atoms with Crippen LogP contribution in [0.2, 0.25) is 0 Å². The van der Waals surface area contributed by atoms with Crippen LogP contribution in [0, 0.1) is 5.92 Å². The van der Waals surface area contributed by atoms with Crippen LogP contribution in [-0.2, 0) is 36.8 Å². The zero-order chi connectivity index (χ0) is 27.7. The van der Waals surface area contributed by atoms with Gasteiger partial charge in [0.05, 0.1) is 13.4 Å². The Bertz CT molecular complexity index is 1340. The van der Waals surface area contributed by atoms with Crippen LogP contribution in [0.25, 0.3) is 11.2 Å². The molecule has 2 aromatic heterocycles. The molecule has 11 nitrogen and oxygen atoms in total.